The van der Waals surface area contributed by atoms with Crippen molar-refractivity contribution >= 4 is 11.9 Å². The van der Waals surface area contributed by atoms with Crippen LogP contribution in [0, 0.1) is 0 Å². The zero-order valence-corrected chi connectivity index (χ0v) is 14.7. The number of carbonyl (C=O) groups excluding carboxylic acids is 2. The molecule has 24 heavy (non-hydrogen) atoms. The van der Waals surface area contributed by atoms with E-state index in [1.165, 1.54) is 7.11 Å². The van der Waals surface area contributed by atoms with E-state index in [9.17, 15) is 9.59 Å². The van der Waals surface area contributed by atoms with Crippen molar-refractivity contribution in [1.82, 2.24) is 15.1 Å². The first-order chi connectivity index (χ1) is 11.5. The topological polar surface area (TPSA) is 71.1 Å². The van der Waals surface area contributed by atoms with Gasteiger partial charge in [0.05, 0.1) is 14.2 Å². The molecule has 1 aromatic rings. The molecule has 0 aromatic heterocycles. The standard InChI is InChI=1S/C17H25N3O4/c1-19(2)17(22)20-9-7-13(8-10-20)18-16(21)12-5-6-14(23-3)15(11-12)24-4/h5-6,11,13H,7-10H2,1-4H3,(H,18,21). The van der Waals surface area contributed by atoms with Crippen LogP contribution < -0.4 is 14.8 Å². The molecule has 1 fully saturated rings. The van der Waals surface area contributed by atoms with Crippen molar-refractivity contribution in [2.24, 2.45) is 0 Å². The number of methoxy groups -OCH3 is 2. The molecule has 3 amide bonds. The number of rotatable bonds is 4. The van der Waals surface area contributed by atoms with Crippen LogP contribution in [-0.4, -0.2) is 69.2 Å². The third-order valence-corrected chi connectivity index (χ3v) is 4.13. The number of carbonyl (C=O) groups is 2. The molecule has 0 saturated carbocycles. The summed E-state index contributed by atoms with van der Waals surface area (Å²) in [7, 11) is 6.58. The van der Waals surface area contributed by atoms with E-state index in [1.807, 2.05) is 0 Å². The van der Waals surface area contributed by atoms with E-state index in [1.54, 1.807) is 49.2 Å². The lowest BCUT2D eigenvalue weighted by Gasteiger charge is -2.33. The van der Waals surface area contributed by atoms with Crippen LogP contribution in [0.25, 0.3) is 0 Å². The lowest BCUT2D eigenvalue weighted by Crippen LogP contribution is -2.49. The second-order valence-corrected chi connectivity index (χ2v) is 5.98. The smallest absolute Gasteiger partial charge is 0.319 e. The zero-order chi connectivity index (χ0) is 17.7. The summed E-state index contributed by atoms with van der Waals surface area (Å²) >= 11 is 0. The molecule has 1 N–H and O–H groups in total. The van der Waals surface area contributed by atoms with Gasteiger partial charge in [0.25, 0.3) is 5.91 Å². The molecule has 1 aliphatic rings. The maximum atomic E-state index is 12.4. The molecule has 1 aromatic carbocycles. The molecule has 0 atom stereocenters. The highest BCUT2D eigenvalue weighted by molar-refractivity contribution is 5.95. The molecule has 1 aliphatic heterocycles. The monoisotopic (exact) mass is 335 g/mol. The minimum absolute atomic E-state index is 0.0136. The molecule has 7 heteroatoms. The Labute approximate surface area is 142 Å². The minimum atomic E-state index is -0.145. The van der Waals surface area contributed by atoms with E-state index >= 15 is 0 Å². The average molecular weight is 335 g/mol. The highest BCUT2D eigenvalue weighted by Gasteiger charge is 2.25. The van der Waals surface area contributed by atoms with Crippen LogP contribution in [0.1, 0.15) is 23.2 Å². The number of nitrogens with zero attached hydrogens (tertiary/aromatic N) is 2. The maximum absolute atomic E-state index is 12.4. The summed E-state index contributed by atoms with van der Waals surface area (Å²) in [4.78, 5) is 27.7. The lowest BCUT2D eigenvalue weighted by atomic mass is 10.0. The van der Waals surface area contributed by atoms with Crippen LogP contribution in [0.3, 0.4) is 0 Å². The summed E-state index contributed by atoms with van der Waals surface area (Å²) in [6.07, 6.45) is 1.50. The third-order valence-electron chi connectivity index (χ3n) is 4.13. The Morgan fingerprint density at radius 1 is 1.12 bits per heavy atom. The van der Waals surface area contributed by atoms with Crippen LogP contribution >= 0.6 is 0 Å². The number of likely N-dealkylation sites (tertiary alicyclic amines) is 1. The van der Waals surface area contributed by atoms with Gasteiger partial charge in [-0.2, -0.15) is 0 Å². The van der Waals surface area contributed by atoms with Crippen molar-refractivity contribution in [3.63, 3.8) is 0 Å². The largest absolute Gasteiger partial charge is 0.493 e. The fourth-order valence-electron chi connectivity index (χ4n) is 2.74. The minimum Gasteiger partial charge on any atom is -0.493 e. The number of hydrogen-bond donors (Lipinski definition) is 1. The predicted molar refractivity (Wildman–Crippen MR) is 90.7 cm³/mol. The van der Waals surface area contributed by atoms with Crippen LogP contribution in [-0.2, 0) is 0 Å². The number of piperidine rings is 1. The van der Waals surface area contributed by atoms with Gasteiger partial charge in [-0.1, -0.05) is 0 Å². The van der Waals surface area contributed by atoms with Crippen molar-refractivity contribution in [3.05, 3.63) is 23.8 Å². The second-order valence-electron chi connectivity index (χ2n) is 5.98. The quantitative estimate of drug-likeness (QED) is 0.907. The third kappa shape index (κ3) is 4.10. The number of ether oxygens (including phenoxy) is 2. The molecule has 1 heterocycles. The zero-order valence-electron chi connectivity index (χ0n) is 14.7. The Bertz CT molecular complexity index is 595. The summed E-state index contributed by atoms with van der Waals surface area (Å²) in [5, 5.41) is 3.03. The van der Waals surface area contributed by atoms with Gasteiger partial charge in [0.1, 0.15) is 0 Å². The van der Waals surface area contributed by atoms with Crippen LogP contribution in [0.4, 0.5) is 4.79 Å². The summed E-state index contributed by atoms with van der Waals surface area (Å²) in [5.74, 6) is 0.967. The molecule has 0 aliphatic carbocycles. The van der Waals surface area contributed by atoms with Gasteiger partial charge in [0, 0.05) is 38.8 Å². The molecule has 0 bridgehead atoms. The lowest BCUT2D eigenvalue weighted by molar-refractivity contribution is 0.0913. The normalized spacial score (nSPS) is 14.9. The molecule has 132 valence electrons. The average Bonchev–Trinajstić information content (AvgIpc) is 2.60. The summed E-state index contributed by atoms with van der Waals surface area (Å²) in [5.41, 5.74) is 0.527. The molecular weight excluding hydrogens is 310 g/mol. The predicted octanol–water partition coefficient (Wildman–Crippen LogP) is 1.58. The van der Waals surface area contributed by atoms with Crippen molar-refractivity contribution < 1.29 is 19.1 Å². The molecule has 1 saturated heterocycles. The number of benzene rings is 1. The first kappa shape index (κ1) is 17.9. The van der Waals surface area contributed by atoms with E-state index in [0.29, 0.717) is 30.2 Å². The Morgan fingerprint density at radius 3 is 2.29 bits per heavy atom. The van der Waals surface area contributed by atoms with Crippen LogP contribution in [0.15, 0.2) is 18.2 Å². The van der Waals surface area contributed by atoms with Gasteiger partial charge in [-0.05, 0) is 31.0 Å². The van der Waals surface area contributed by atoms with Crippen molar-refractivity contribution in [1.29, 1.82) is 0 Å². The van der Waals surface area contributed by atoms with Gasteiger partial charge < -0.3 is 24.6 Å². The number of amides is 3. The Morgan fingerprint density at radius 2 is 1.75 bits per heavy atom. The van der Waals surface area contributed by atoms with Crippen molar-refractivity contribution in [3.8, 4) is 11.5 Å². The van der Waals surface area contributed by atoms with E-state index < -0.39 is 0 Å². The number of nitrogens with one attached hydrogen (secondary N) is 1. The maximum Gasteiger partial charge on any atom is 0.319 e. The molecular formula is C17H25N3O4. The summed E-state index contributed by atoms with van der Waals surface area (Å²) in [6, 6.07) is 5.17. The van der Waals surface area contributed by atoms with Gasteiger partial charge in [-0.3, -0.25) is 4.79 Å². The van der Waals surface area contributed by atoms with E-state index in [4.69, 9.17) is 9.47 Å². The molecule has 0 radical (unpaired) electrons. The number of urea groups is 1. The first-order valence-corrected chi connectivity index (χ1v) is 7.95. The first-order valence-electron chi connectivity index (χ1n) is 7.95. The van der Waals surface area contributed by atoms with Gasteiger partial charge in [0.2, 0.25) is 0 Å². The SMILES string of the molecule is COc1ccc(C(=O)NC2CCN(C(=O)N(C)C)CC2)cc1OC. The fraction of sp³-hybridized carbons (Fsp3) is 0.529. The summed E-state index contributed by atoms with van der Waals surface area (Å²) in [6.45, 7) is 1.29. The molecule has 7 nitrogen and oxygen atoms in total. The highest BCUT2D eigenvalue weighted by Crippen LogP contribution is 2.27. The second kappa shape index (κ2) is 7.90. The van der Waals surface area contributed by atoms with E-state index in [-0.39, 0.29) is 18.0 Å². The van der Waals surface area contributed by atoms with Gasteiger partial charge in [-0.25, -0.2) is 4.79 Å². The molecule has 0 spiro atoms. The Kier molecular flexibility index (Phi) is 5.89. The van der Waals surface area contributed by atoms with Crippen LogP contribution in [0.5, 0.6) is 11.5 Å². The highest BCUT2D eigenvalue weighted by atomic mass is 16.5. The fourth-order valence-corrected chi connectivity index (χ4v) is 2.74. The van der Waals surface area contributed by atoms with Gasteiger partial charge in [-0.15, -0.1) is 0 Å². The Balaban J connectivity index is 1.93. The Hall–Kier alpha value is -2.44. The van der Waals surface area contributed by atoms with Crippen LogP contribution in [0.2, 0.25) is 0 Å². The molecule has 0 unspecified atom stereocenters. The van der Waals surface area contributed by atoms with Crippen molar-refractivity contribution in [2.45, 2.75) is 18.9 Å². The van der Waals surface area contributed by atoms with Crippen molar-refractivity contribution in [2.75, 3.05) is 41.4 Å². The number of hydrogen-bond acceptors (Lipinski definition) is 4. The van der Waals surface area contributed by atoms with Gasteiger partial charge >= 0.3 is 6.03 Å². The van der Waals surface area contributed by atoms with E-state index in [2.05, 4.69) is 5.32 Å². The van der Waals surface area contributed by atoms with Gasteiger partial charge in [0.15, 0.2) is 11.5 Å². The van der Waals surface area contributed by atoms with E-state index in [0.717, 1.165) is 12.8 Å². The summed E-state index contributed by atoms with van der Waals surface area (Å²) < 4.78 is 10.4. The molecule has 2 rings (SSSR count).